The third kappa shape index (κ3) is 5.01. The molecule has 1 aliphatic heterocycles. The lowest BCUT2D eigenvalue weighted by molar-refractivity contribution is -0.120. The fourth-order valence-corrected chi connectivity index (χ4v) is 3.14. The van der Waals surface area contributed by atoms with Crippen LogP contribution in [0, 0.1) is 12.7 Å². The molecule has 1 unspecified atom stereocenters. The Hall–Kier alpha value is -3.27. The first-order chi connectivity index (χ1) is 14.2. The van der Waals surface area contributed by atoms with E-state index in [2.05, 4.69) is 31.7 Å². The number of carbonyl (C=O) groups excluding carboxylic acids is 3. The number of amides is 3. The normalized spacial score (nSPS) is 15.5. The third-order valence-electron chi connectivity index (χ3n) is 4.44. The maximum Gasteiger partial charge on any atom is 0.268 e. The summed E-state index contributed by atoms with van der Waals surface area (Å²) in [4.78, 5) is 36.3. The number of nitrogens with two attached hydrogens (primary N) is 1. The van der Waals surface area contributed by atoms with Gasteiger partial charge in [0.2, 0.25) is 11.8 Å². The molecule has 0 bridgehead atoms. The average molecular weight is 476 g/mol. The van der Waals surface area contributed by atoms with Gasteiger partial charge in [-0.25, -0.2) is 4.39 Å². The summed E-state index contributed by atoms with van der Waals surface area (Å²) in [6, 6.07) is 9.76. The molecule has 0 saturated carbocycles. The van der Waals surface area contributed by atoms with E-state index in [0.29, 0.717) is 11.4 Å². The number of rotatable bonds is 6. The topological polar surface area (TPSA) is 117 Å². The van der Waals surface area contributed by atoms with E-state index in [1.165, 1.54) is 29.3 Å². The molecule has 10 heteroatoms. The summed E-state index contributed by atoms with van der Waals surface area (Å²) in [6.07, 6.45) is -0.0218. The quantitative estimate of drug-likeness (QED) is 0.592. The van der Waals surface area contributed by atoms with E-state index in [9.17, 15) is 18.8 Å². The van der Waals surface area contributed by atoms with Crippen LogP contribution in [0.1, 0.15) is 12.0 Å². The van der Waals surface area contributed by atoms with Crippen LogP contribution in [0.4, 0.5) is 15.8 Å². The summed E-state index contributed by atoms with van der Waals surface area (Å²) < 4.78 is 14.1. The van der Waals surface area contributed by atoms with Crippen LogP contribution in [0.5, 0.6) is 0 Å². The first-order valence-electron chi connectivity index (χ1n) is 9.00. The number of benzene rings is 2. The van der Waals surface area contributed by atoms with Crippen molar-refractivity contribution >= 4 is 50.7 Å². The lowest BCUT2D eigenvalue weighted by Crippen LogP contribution is -2.40. The van der Waals surface area contributed by atoms with Crippen molar-refractivity contribution in [3.05, 3.63) is 58.3 Å². The second-order valence-corrected chi connectivity index (χ2v) is 7.54. The Morgan fingerprint density at radius 1 is 1.23 bits per heavy atom. The van der Waals surface area contributed by atoms with Crippen LogP contribution < -0.4 is 21.4 Å². The third-order valence-corrected chi connectivity index (χ3v) is 5.33. The summed E-state index contributed by atoms with van der Waals surface area (Å²) in [5, 5.41) is 10.6. The van der Waals surface area contributed by atoms with Gasteiger partial charge in [-0.2, -0.15) is 5.10 Å². The monoisotopic (exact) mass is 475 g/mol. The van der Waals surface area contributed by atoms with Crippen molar-refractivity contribution in [2.75, 3.05) is 16.9 Å². The van der Waals surface area contributed by atoms with Gasteiger partial charge in [0.25, 0.3) is 5.91 Å². The van der Waals surface area contributed by atoms with Crippen molar-refractivity contribution in [1.29, 1.82) is 0 Å². The Kier molecular flexibility index (Phi) is 6.46. The Morgan fingerprint density at radius 2 is 1.93 bits per heavy atom. The highest BCUT2D eigenvalue weighted by molar-refractivity contribution is 9.10. The number of hydrogen-bond acceptors (Lipinski definition) is 5. The summed E-state index contributed by atoms with van der Waals surface area (Å²) >= 11 is 3.38. The van der Waals surface area contributed by atoms with E-state index in [-0.39, 0.29) is 18.7 Å². The predicted molar refractivity (Wildman–Crippen MR) is 114 cm³/mol. The Bertz CT molecular complexity index is 1030. The van der Waals surface area contributed by atoms with E-state index in [1.807, 2.05) is 13.0 Å². The number of carbonyl (C=O) groups is 3. The van der Waals surface area contributed by atoms with Crippen molar-refractivity contribution in [1.82, 2.24) is 5.32 Å². The number of aryl methyl sites for hydroxylation is 1. The summed E-state index contributed by atoms with van der Waals surface area (Å²) in [5.41, 5.74) is 7.45. The number of hydrogen-bond donors (Lipinski definition) is 3. The van der Waals surface area contributed by atoms with Gasteiger partial charge in [0.05, 0.1) is 12.2 Å². The largest absolute Gasteiger partial charge is 0.368 e. The van der Waals surface area contributed by atoms with Crippen molar-refractivity contribution in [3.63, 3.8) is 0 Å². The van der Waals surface area contributed by atoms with Crippen LogP contribution >= 0.6 is 15.9 Å². The standard InChI is InChI=1S/C20H19BrFN5O3/c1-11-8-13(4-7-15(11)21)25-18(28)10-24-20(30)16-9-17(19(23)29)27(26-16)14-5-2-12(22)3-6-14/h2-8,17H,9-10H2,1H3,(H2,23,29)(H,24,30)(H,25,28). The lowest BCUT2D eigenvalue weighted by atomic mass is 10.1. The Labute approximate surface area is 180 Å². The smallest absolute Gasteiger partial charge is 0.268 e. The number of hydrazone groups is 1. The first-order valence-corrected chi connectivity index (χ1v) is 9.79. The minimum Gasteiger partial charge on any atom is -0.368 e. The van der Waals surface area contributed by atoms with Gasteiger partial charge in [-0.1, -0.05) is 15.9 Å². The molecule has 0 radical (unpaired) electrons. The first kappa shape index (κ1) is 21.4. The molecule has 2 aromatic carbocycles. The molecular weight excluding hydrogens is 457 g/mol. The average Bonchev–Trinajstić information content (AvgIpc) is 3.15. The molecule has 2 aromatic rings. The highest BCUT2D eigenvalue weighted by Gasteiger charge is 2.35. The fraction of sp³-hybridized carbons (Fsp3) is 0.200. The van der Waals surface area contributed by atoms with Gasteiger partial charge in [0, 0.05) is 16.6 Å². The van der Waals surface area contributed by atoms with Gasteiger partial charge in [-0.15, -0.1) is 0 Å². The Morgan fingerprint density at radius 3 is 2.57 bits per heavy atom. The number of anilines is 2. The van der Waals surface area contributed by atoms with Gasteiger partial charge in [-0.3, -0.25) is 19.4 Å². The van der Waals surface area contributed by atoms with E-state index in [4.69, 9.17) is 5.73 Å². The zero-order valence-electron chi connectivity index (χ0n) is 16.0. The van der Waals surface area contributed by atoms with Crippen molar-refractivity contribution < 1.29 is 18.8 Å². The molecule has 1 aliphatic rings. The summed E-state index contributed by atoms with van der Waals surface area (Å²) in [6.45, 7) is 1.62. The molecule has 30 heavy (non-hydrogen) atoms. The van der Waals surface area contributed by atoms with E-state index >= 15 is 0 Å². The van der Waals surface area contributed by atoms with Crippen molar-refractivity contribution in [3.8, 4) is 0 Å². The zero-order chi connectivity index (χ0) is 21.8. The van der Waals surface area contributed by atoms with Crippen molar-refractivity contribution in [2.45, 2.75) is 19.4 Å². The second kappa shape index (κ2) is 9.04. The molecule has 156 valence electrons. The van der Waals surface area contributed by atoms with E-state index in [0.717, 1.165) is 10.0 Å². The van der Waals surface area contributed by atoms with E-state index < -0.39 is 29.6 Å². The number of nitrogens with one attached hydrogen (secondary N) is 2. The van der Waals surface area contributed by atoms with Gasteiger partial charge >= 0.3 is 0 Å². The van der Waals surface area contributed by atoms with Crippen molar-refractivity contribution in [2.24, 2.45) is 10.8 Å². The van der Waals surface area contributed by atoms with Crippen LogP contribution in [0.25, 0.3) is 0 Å². The van der Waals surface area contributed by atoms with Crippen LogP contribution in [0.15, 0.2) is 52.0 Å². The number of halogens is 2. The summed E-state index contributed by atoms with van der Waals surface area (Å²) in [5.74, 6) is -2.12. The van der Waals surface area contributed by atoms with Gasteiger partial charge in [0.15, 0.2) is 0 Å². The molecule has 0 saturated heterocycles. The molecule has 0 aromatic heterocycles. The fourth-order valence-electron chi connectivity index (χ4n) is 2.89. The second-order valence-electron chi connectivity index (χ2n) is 6.68. The summed E-state index contributed by atoms with van der Waals surface area (Å²) in [7, 11) is 0. The zero-order valence-corrected chi connectivity index (χ0v) is 17.6. The minimum absolute atomic E-state index is 0.0218. The minimum atomic E-state index is -0.879. The molecule has 0 spiro atoms. The molecule has 1 heterocycles. The maximum absolute atomic E-state index is 13.2. The highest BCUT2D eigenvalue weighted by Crippen LogP contribution is 2.25. The molecule has 0 fully saturated rings. The van der Waals surface area contributed by atoms with E-state index in [1.54, 1.807) is 12.1 Å². The molecular formula is C20H19BrFN5O3. The molecule has 1 atom stereocenters. The number of nitrogens with zero attached hydrogens (tertiary/aromatic N) is 2. The van der Waals surface area contributed by atoms with Gasteiger partial charge < -0.3 is 16.4 Å². The van der Waals surface area contributed by atoms with Gasteiger partial charge in [0.1, 0.15) is 17.6 Å². The lowest BCUT2D eigenvalue weighted by Gasteiger charge is -2.20. The predicted octanol–water partition coefficient (Wildman–Crippen LogP) is 2.07. The Balaban J connectivity index is 1.63. The SMILES string of the molecule is Cc1cc(NC(=O)CNC(=O)C2=NN(c3ccc(F)cc3)C(C(N)=O)C2)ccc1Br. The highest BCUT2D eigenvalue weighted by atomic mass is 79.9. The van der Waals surface area contributed by atoms with Crippen LogP contribution in [0.3, 0.4) is 0 Å². The van der Waals surface area contributed by atoms with Crippen LogP contribution in [0.2, 0.25) is 0 Å². The molecule has 0 aliphatic carbocycles. The maximum atomic E-state index is 13.2. The molecule has 8 nitrogen and oxygen atoms in total. The molecule has 3 amide bonds. The van der Waals surface area contributed by atoms with Crippen LogP contribution in [-0.2, 0) is 14.4 Å². The van der Waals surface area contributed by atoms with Gasteiger partial charge in [-0.05, 0) is 55.0 Å². The molecule has 4 N–H and O–H groups in total. The number of primary amides is 1. The van der Waals surface area contributed by atoms with Crippen LogP contribution in [-0.4, -0.2) is 36.0 Å². The molecule has 3 rings (SSSR count).